The number of aryl methyl sites for hydroxylation is 2. The van der Waals surface area contributed by atoms with Gasteiger partial charge < -0.3 is 4.90 Å². The van der Waals surface area contributed by atoms with Gasteiger partial charge in [-0.15, -0.1) is 0 Å². The summed E-state index contributed by atoms with van der Waals surface area (Å²) in [4.78, 5) is 4.24. The van der Waals surface area contributed by atoms with Gasteiger partial charge in [0.1, 0.15) is 17.7 Å². The van der Waals surface area contributed by atoms with Crippen LogP contribution in [0.1, 0.15) is 16.7 Å². The molecule has 1 saturated heterocycles. The lowest BCUT2D eigenvalue weighted by Gasteiger charge is -2.16. The summed E-state index contributed by atoms with van der Waals surface area (Å²) >= 11 is 0. The van der Waals surface area contributed by atoms with Gasteiger partial charge >= 0.3 is 0 Å². The van der Waals surface area contributed by atoms with Crippen molar-refractivity contribution in [2.24, 2.45) is 0 Å². The maximum atomic E-state index is 9.21. The van der Waals surface area contributed by atoms with E-state index in [1.165, 1.54) is 16.7 Å². The van der Waals surface area contributed by atoms with Crippen LogP contribution in [0.15, 0.2) is 41.1 Å². The molecule has 0 spiro atoms. The van der Waals surface area contributed by atoms with Crippen LogP contribution in [0.25, 0.3) is 0 Å². The SMILES string of the molecule is Cc1ccc(C)c(CN2CC(=C(C#N)C#N)/C(=C\N(C)C)C2)c1. The zero-order chi connectivity index (χ0) is 17.0. The summed E-state index contributed by atoms with van der Waals surface area (Å²) in [5.41, 5.74) is 5.95. The van der Waals surface area contributed by atoms with Gasteiger partial charge in [0.2, 0.25) is 0 Å². The minimum Gasteiger partial charge on any atom is -0.383 e. The van der Waals surface area contributed by atoms with Gasteiger partial charge in [0.05, 0.1) is 0 Å². The Morgan fingerprint density at radius 1 is 1.22 bits per heavy atom. The molecule has 1 aromatic rings. The molecule has 118 valence electrons. The summed E-state index contributed by atoms with van der Waals surface area (Å²) in [6.45, 7) is 6.44. The van der Waals surface area contributed by atoms with Gasteiger partial charge in [-0.1, -0.05) is 23.8 Å². The molecule has 0 radical (unpaired) electrons. The highest BCUT2D eigenvalue weighted by atomic mass is 15.1. The number of benzene rings is 1. The lowest BCUT2D eigenvalue weighted by molar-refractivity contribution is 0.345. The van der Waals surface area contributed by atoms with E-state index in [2.05, 4.69) is 36.9 Å². The van der Waals surface area contributed by atoms with Crippen molar-refractivity contribution in [1.29, 1.82) is 10.5 Å². The fourth-order valence-corrected chi connectivity index (χ4v) is 2.87. The van der Waals surface area contributed by atoms with Crippen LogP contribution in [0.2, 0.25) is 0 Å². The molecule has 1 aliphatic rings. The second-order valence-corrected chi connectivity index (χ2v) is 6.27. The summed E-state index contributed by atoms with van der Waals surface area (Å²) in [6.07, 6.45) is 2.01. The molecule has 4 heteroatoms. The van der Waals surface area contributed by atoms with E-state index in [0.29, 0.717) is 6.54 Å². The molecule has 23 heavy (non-hydrogen) atoms. The van der Waals surface area contributed by atoms with Gasteiger partial charge in [0.15, 0.2) is 0 Å². The molecular weight excluding hydrogens is 284 g/mol. The van der Waals surface area contributed by atoms with E-state index < -0.39 is 0 Å². The van der Waals surface area contributed by atoms with Crippen LogP contribution in [0.5, 0.6) is 0 Å². The maximum absolute atomic E-state index is 9.21. The molecule has 1 aliphatic heterocycles. The van der Waals surface area contributed by atoms with Crippen LogP contribution < -0.4 is 0 Å². The predicted molar refractivity (Wildman–Crippen MR) is 91.2 cm³/mol. The third-order valence-electron chi connectivity index (χ3n) is 4.00. The molecule has 1 fully saturated rings. The lowest BCUT2D eigenvalue weighted by atomic mass is 10.1. The summed E-state index contributed by atoms with van der Waals surface area (Å²) in [5, 5.41) is 18.4. The van der Waals surface area contributed by atoms with Crippen molar-refractivity contribution in [1.82, 2.24) is 9.80 Å². The molecule has 1 heterocycles. The minimum absolute atomic E-state index is 0.224. The van der Waals surface area contributed by atoms with Crippen molar-refractivity contribution >= 4 is 0 Å². The molecule has 2 rings (SSSR count). The summed E-state index contributed by atoms with van der Waals surface area (Å²) in [6, 6.07) is 10.5. The first-order chi connectivity index (χ1) is 10.9. The number of likely N-dealkylation sites (tertiary alicyclic amines) is 1. The topological polar surface area (TPSA) is 54.1 Å². The molecule has 0 bridgehead atoms. The Morgan fingerprint density at radius 2 is 1.91 bits per heavy atom. The summed E-state index contributed by atoms with van der Waals surface area (Å²) in [5.74, 6) is 0. The maximum Gasteiger partial charge on any atom is 0.134 e. The number of hydrogen-bond donors (Lipinski definition) is 0. The van der Waals surface area contributed by atoms with Gasteiger partial charge in [-0.25, -0.2) is 0 Å². The second-order valence-electron chi connectivity index (χ2n) is 6.27. The van der Waals surface area contributed by atoms with E-state index in [4.69, 9.17) is 0 Å². The van der Waals surface area contributed by atoms with Gasteiger partial charge in [0, 0.05) is 45.5 Å². The largest absolute Gasteiger partial charge is 0.383 e. The third-order valence-corrected chi connectivity index (χ3v) is 4.00. The predicted octanol–water partition coefficient (Wildman–Crippen LogP) is 2.91. The molecule has 0 saturated carbocycles. The quantitative estimate of drug-likeness (QED) is 0.806. The number of rotatable bonds is 3. The standard InChI is InChI=1S/C19H22N4/c1-14-5-6-15(2)16(7-14)11-23-12-18(10-22(3)4)19(13-23)17(8-20)9-21/h5-7,10H,11-13H2,1-4H3/b18-10-. The first-order valence-electron chi connectivity index (χ1n) is 7.64. The number of allylic oxidation sites excluding steroid dienone is 1. The fourth-order valence-electron chi connectivity index (χ4n) is 2.87. The molecular formula is C19H22N4. The van der Waals surface area contributed by atoms with Crippen molar-refractivity contribution in [2.75, 3.05) is 27.2 Å². The zero-order valence-corrected chi connectivity index (χ0v) is 14.2. The van der Waals surface area contributed by atoms with Crippen LogP contribution in [-0.2, 0) is 6.54 Å². The van der Waals surface area contributed by atoms with Gasteiger partial charge in [-0.05, 0) is 30.5 Å². The first-order valence-corrected chi connectivity index (χ1v) is 7.64. The van der Waals surface area contributed by atoms with Gasteiger partial charge in [0.25, 0.3) is 0 Å². The Labute approximate surface area is 138 Å². The first kappa shape index (κ1) is 16.8. The number of nitrogens with zero attached hydrogens (tertiary/aromatic N) is 4. The average Bonchev–Trinajstić information content (AvgIpc) is 2.86. The van der Waals surface area contributed by atoms with Crippen LogP contribution in [0, 0.1) is 36.5 Å². The van der Waals surface area contributed by atoms with Crippen molar-refractivity contribution in [3.05, 3.63) is 57.8 Å². The van der Waals surface area contributed by atoms with E-state index in [9.17, 15) is 10.5 Å². The monoisotopic (exact) mass is 306 g/mol. The third kappa shape index (κ3) is 4.00. The smallest absolute Gasteiger partial charge is 0.134 e. The Kier molecular flexibility index (Phi) is 5.21. The van der Waals surface area contributed by atoms with Crippen molar-refractivity contribution in [3.63, 3.8) is 0 Å². The van der Waals surface area contributed by atoms with Crippen molar-refractivity contribution in [3.8, 4) is 12.1 Å². The van der Waals surface area contributed by atoms with E-state index in [1.54, 1.807) is 0 Å². The highest BCUT2D eigenvalue weighted by Crippen LogP contribution is 2.27. The van der Waals surface area contributed by atoms with Crippen LogP contribution in [-0.4, -0.2) is 37.0 Å². The molecule has 4 nitrogen and oxygen atoms in total. The Hall–Kier alpha value is -2.56. The molecule has 0 unspecified atom stereocenters. The van der Waals surface area contributed by atoms with E-state index in [1.807, 2.05) is 37.3 Å². The average molecular weight is 306 g/mol. The second kappa shape index (κ2) is 7.13. The summed E-state index contributed by atoms with van der Waals surface area (Å²) in [7, 11) is 3.91. The van der Waals surface area contributed by atoms with Crippen LogP contribution in [0.4, 0.5) is 0 Å². The number of nitriles is 2. The van der Waals surface area contributed by atoms with Crippen LogP contribution >= 0.6 is 0 Å². The Bertz CT molecular complexity index is 726. The van der Waals surface area contributed by atoms with E-state index in [0.717, 1.165) is 24.2 Å². The molecule has 1 aromatic carbocycles. The lowest BCUT2D eigenvalue weighted by Crippen LogP contribution is -2.20. The molecule has 0 aliphatic carbocycles. The fraction of sp³-hybridized carbons (Fsp3) is 0.368. The molecule has 0 N–H and O–H groups in total. The van der Waals surface area contributed by atoms with E-state index >= 15 is 0 Å². The molecule has 0 amide bonds. The Morgan fingerprint density at radius 3 is 2.52 bits per heavy atom. The van der Waals surface area contributed by atoms with Crippen molar-refractivity contribution in [2.45, 2.75) is 20.4 Å². The van der Waals surface area contributed by atoms with E-state index in [-0.39, 0.29) is 5.57 Å². The minimum atomic E-state index is 0.224. The normalized spacial score (nSPS) is 16.3. The highest BCUT2D eigenvalue weighted by molar-refractivity contribution is 5.52. The highest BCUT2D eigenvalue weighted by Gasteiger charge is 2.25. The molecule has 0 atom stereocenters. The number of hydrogen-bond acceptors (Lipinski definition) is 4. The Balaban J connectivity index is 2.31. The van der Waals surface area contributed by atoms with Crippen molar-refractivity contribution < 1.29 is 0 Å². The summed E-state index contributed by atoms with van der Waals surface area (Å²) < 4.78 is 0. The van der Waals surface area contributed by atoms with Gasteiger partial charge in [-0.3, -0.25) is 4.90 Å². The van der Waals surface area contributed by atoms with Gasteiger partial charge in [-0.2, -0.15) is 10.5 Å². The zero-order valence-electron chi connectivity index (χ0n) is 14.2. The van der Waals surface area contributed by atoms with Crippen LogP contribution in [0.3, 0.4) is 0 Å². The molecule has 0 aromatic heterocycles.